The molecule has 1 aliphatic rings. The highest BCUT2D eigenvalue weighted by atomic mass is 16.4. The first-order chi connectivity index (χ1) is 7.92. The van der Waals surface area contributed by atoms with Gasteiger partial charge in [-0.2, -0.15) is 0 Å². The third-order valence-corrected chi connectivity index (χ3v) is 3.33. The van der Waals surface area contributed by atoms with Crippen LogP contribution < -0.4 is 10.6 Å². The Bertz CT molecular complexity index is 457. The molecule has 2 heterocycles. The Kier molecular flexibility index (Phi) is 2.69. The quantitative estimate of drug-likeness (QED) is 0.816. The highest BCUT2D eigenvalue weighted by Gasteiger charge is 2.33. The summed E-state index contributed by atoms with van der Waals surface area (Å²) in [6.45, 7) is 5.18. The Morgan fingerprint density at radius 2 is 2.29 bits per heavy atom. The molecule has 0 saturated carbocycles. The minimum Gasteiger partial charge on any atom is -0.478 e. The molecule has 1 aromatic heterocycles. The molecular weight excluding hydrogens is 218 g/mol. The summed E-state index contributed by atoms with van der Waals surface area (Å²) in [6.07, 6.45) is 3.61. The molecule has 0 bridgehead atoms. The molecule has 3 N–H and O–H groups in total. The fourth-order valence-electron chi connectivity index (χ4n) is 2.32. The molecule has 0 amide bonds. The van der Waals surface area contributed by atoms with Gasteiger partial charge in [0.1, 0.15) is 5.82 Å². The van der Waals surface area contributed by atoms with Gasteiger partial charge in [-0.15, -0.1) is 0 Å². The van der Waals surface area contributed by atoms with Crippen molar-refractivity contribution in [2.45, 2.75) is 32.2 Å². The van der Waals surface area contributed by atoms with Crippen LogP contribution in [0.4, 0.5) is 11.5 Å². The highest BCUT2D eigenvalue weighted by molar-refractivity contribution is 5.94. The molecule has 0 spiro atoms. The van der Waals surface area contributed by atoms with Gasteiger partial charge in [0, 0.05) is 12.1 Å². The van der Waals surface area contributed by atoms with Crippen LogP contribution in [-0.4, -0.2) is 28.1 Å². The minimum absolute atomic E-state index is 0.0267. The number of carboxylic acids is 1. The maximum atomic E-state index is 11.0. The number of rotatable bonds is 2. The van der Waals surface area contributed by atoms with Gasteiger partial charge in [0.2, 0.25) is 0 Å². The molecule has 5 nitrogen and oxygen atoms in total. The van der Waals surface area contributed by atoms with Crippen molar-refractivity contribution in [3.63, 3.8) is 0 Å². The number of carboxylic acid groups (broad SMARTS) is 1. The van der Waals surface area contributed by atoms with Gasteiger partial charge in [0.15, 0.2) is 0 Å². The van der Waals surface area contributed by atoms with E-state index in [4.69, 9.17) is 10.8 Å². The summed E-state index contributed by atoms with van der Waals surface area (Å²) in [5.41, 5.74) is 5.95. The van der Waals surface area contributed by atoms with E-state index in [-0.39, 0.29) is 16.8 Å². The SMILES string of the molecule is CC1(C)CCCN1c1cc(C(=O)O)c(N)cn1. The summed E-state index contributed by atoms with van der Waals surface area (Å²) in [6, 6.07) is 1.56. The molecule has 0 aromatic carbocycles. The molecule has 2 rings (SSSR count). The Labute approximate surface area is 100 Å². The van der Waals surface area contributed by atoms with Gasteiger partial charge in [-0.1, -0.05) is 0 Å². The number of anilines is 2. The molecule has 17 heavy (non-hydrogen) atoms. The van der Waals surface area contributed by atoms with E-state index in [2.05, 4.69) is 23.7 Å². The maximum Gasteiger partial charge on any atom is 0.337 e. The van der Waals surface area contributed by atoms with Crippen molar-refractivity contribution in [1.82, 2.24) is 4.98 Å². The van der Waals surface area contributed by atoms with E-state index in [1.807, 2.05) is 0 Å². The first-order valence-electron chi connectivity index (χ1n) is 5.68. The fourth-order valence-corrected chi connectivity index (χ4v) is 2.32. The van der Waals surface area contributed by atoms with Gasteiger partial charge in [0.05, 0.1) is 17.4 Å². The number of nitrogen functional groups attached to an aromatic ring is 1. The van der Waals surface area contributed by atoms with E-state index in [1.54, 1.807) is 6.07 Å². The second-order valence-corrected chi connectivity index (χ2v) is 5.00. The molecule has 0 radical (unpaired) electrons. The normalized spacial score (nSPS) is 18.4. The number of carbonyl (C=O) groups is 1. The van der Waals surface area contributed by atoms with Crippen LogP contribution in [0.15, 0.2) is 12.3 Å². The van der Waals surface area contributed by atoms with E-state index in [0.29, 0.717) is 5.82 Å². The van der Waals surface area contributed by atoms with Crippen molar-refractivity contribution in [3.8, 4) is 0 Å². The summed E-state index contributed by atoms with van der Waals surface area (Å²) in [5, 5.41) is 9.04. The van der Waals surface area contributed by atoms with Crippen LogP contribution >= 0.6 is 0 Å². The van der Waals surface area contributed by atoms with Crippen LogP contribution in [0.3, 0.4) is 0 Å². The summed E-state index contributed by atoms with van der Waals surface area (Å²) in [7, 11) is 0. The Morgan fingerprint density at radius 3 is 2.82 bits per heavy atom. The Balaban J connectivity index is 2.40. The zero-order valence-corrected chi connectivity index (χ0v) is 10.1. The van der Waals surface area contributed by atoms with Crippen molar-refractivity contribution < 1.29 is 9.90 Å². The zero-order chi connectivity index (χ0) is 12.6. The number of hydrogen-bond donors (Lipinski definition) is 2. The molecule has 0 unspecified atom stereocenters. The minimum atomic E-state index is -1.01. The molecule has 1 fully saturated rings. The van der Waals surface area contributed by atoms with Crippen molar-refractivity contribution >= 4 is 17.5 Å². The van der Waals surface area contributed by atoms with Gasteiger partial charge < -0.3 is 15.7 Å². The molecule has 1 saturated heterocycles. The summed E-state index contributed by atoms with van der Waals surface area (Å²) in [4.78, 5) is 17.4. The monoisotopic (exact) mass is 235 g/mol. The second-order valence-electron chi connectivity index (χ2n) is 5.00. The van der Waals surface area contributed by atoms with Crippen LogP contribution in [0.2, 0.25) is 0 Å². The van der Waals surface area contributed by atoms with Gasteiger partial charge in [0.25, 0.3) is 0 Å². The standard InChI is InChI=1S/C12H17N3O2/c1-12(2)4-3-5-15(12)10-6-8(11(16)17)9(13)7-14-10/h6-7H,3-5,13H2,1-2H3,(H,16,17). The van der Waals surface area contributed by atoms with Gasteiger partial charge in [-0.25, -0.2) is 9.78 Å². The van der Waals surface area contributed by atoms with Gasteiger partial charge in [-0.05, 0) is 32.8 Å². The fraction of sp³-hybridized carbons (Fsp3) is 0.500. The van der Waals surface area contributed by atoms with Crippen LogP contribution in [0.5, 0.6) is 0 Å². The first kappa shape index (κ1) is 11.7. The summed E-state index contributed by atoms with van der Waals surface area (Å²) < 4.78 is 0. The molecular formula is C12H17N3O2. The van der Waals surface area contributed by atoms with E-state index >= 15 is 0 Å². The Morgan fingerprint density at radius 1 is 1.59 bits per heavy atom. The lowest BCUT2D eigenvalue weighted by atomic mass is 10.0. The lowest BCUT2D eigenvalue weighted by Crippen LogP contribution is -2.38. The second kappa shape index (κ2) is 3.91. The van der Waals surface area contributed by atoms with Crippen LogP contribution in [0.25, 0.3) is 0 Å². The molecule has 5 heteroatoms. The predicted octanol–water partition coefficient (Wildman–Crippen LogP) is 1.74. The number of hydrogen-bond acceptors (Lipinski definition) is 4. The van der Waals surface area contributed by atoms with E-state index in [1.165, 1.54) is 6.20 Å². The number of aromatic carboxylic acids is 1. The molecule has 0 atom stereocenters. The summed E-state index contributed by atoms with van der Waals surface area (Å²) >= 11 is 0. The molecule has 1 aromatic rings. The maximum absolute atomic E-state index is 11.0. The number of pyridine rings is 1. The van der Waals surface area contributed by atoms with E-state index in [0.717, 1.165) is 19.4 Å². The average Bonchev–Trinajstić information content (AvgIpc) is 2.58. The lowest BCUT2D eigenvalue weighted by Gasteiger charge is -2.32. The zero-order valence-electron chi connectivity index (χ0n) is 10.1. The Hall–Kier alpha value is -1.78. The number of nitrogens with zero attached hydrogens (tertiary/aromatic N) is 2. The van der Waals surface area contributed by atoms with Crippen molar-refractivity contribution in [1.29, 1.82) is 0 Å². The number of nitrogens with two attached hydrogens (primary N) is 1. The van der Waals surface area contributed by atoms with Crippen LogP contribution in [-0.2, 0) is 0 Å². The topological polar surface area (TPSA) is 79.5 Å². The van der Waals surface area contributed by atoms with Crippen LogP contribution in [0.1, 0.15) is 37.0 Å². The lowest BCUT2D eigenvalue weighted by molar-refractivity contribution is 0.0698. The van der Waals surface area contributed by atoms with Crippen molar-refractivity contribution in [2.24, 2.45) is 0 Å². The first-order valence-corrected chi connectivity index (χ1v) is 5.68. The molecule has 92 valence electrons. The third kappa shape index (κ3) is 2.05. The van der Waals surface area contributed by atoms with Crippen LogP contribution in [0, 0.1) is 0 Å². The van der Waals surface area contributed by atoms with Crippen molar-refractivity contribution in [3.05, 3.63) is 17.8 Å². The van der Waals surface area contributed by atoms with E-state index in [9.17, 15) is 4.79 Å². The average molecular weight is 235 g/mol. The smallest absolute Gasteiger partial charge is 0.337 e. The summed E-state index contributed by atoms with van der Waals surface area (Å²) in [5.74, 6) is -0.317. The largest absolute Gasteiger partial charge is 0.478 e. The van der Waals surface area contributed by atoms with Gasteiger partial charge >= 0.3 is 5.97 Å². The molecule has 0 aliphatic carbocycles. The third-order valence-electron chi connectivity index (χ3n) is 3.33. The van der Waals surface area contributed by atoms with E-state index < -0.39 is 5.97 Å². The molecule has 1 aliphatic heterocycles. The van der Waals surface area contributed by atoms with Gasteiger partial charge in [-0.3, -0.25) is 0 Å². The van der Waals surface area contributed by atoms with Crippen molar-refractivity contribution in [2.75, 3.05) is 17.2 Å². The predicted molar refractivity (Wildman–Crippen MR) is 66.3 cm³/mol. The number of aromatic nitrogens is 1. The highest BCUT2D eigenvalue weighted by Crippen LogP contribution is 2.33.